The fourth-order valence-electron chi connectivity index (χ4n) is 2.76. The smallest absolute Gasteiger partial charge is 0.0862 e. The number of aliphatic hydroxyl groups is 1. The fraction of sp³-hybridized carbons (Fsp3) is 0.786. The Hall–Kier alpha value is -0.950. The topological polar surface area (TPSA) is 53.8 Å². The lowest BCUT2D eigenvalue weighted by Gasteiger charge is -2.40. The average molecular weight is 282 g/mol. The number of hydrogen-bond donors (Lipinski definition) is 1. The molecule has 1 aromatic heterocycles. The summed E-state index contributed by atoms with van der Waals surface area (Å²) in [6, 6.07) is 2.39. The number of piperazine rings is 1. The van der Waals surface area contributed by atoms with E-state index in [9.17, 15) is 5.11 Å². The molecule has 2 atom stereocenters. The molecule has 0 unspecified atom stereocenters. The summed E-state index contributed by atoms with van der Waals surface area (Å²) in [5, 5.41) is 14.3. The van der Waals surface area contributed by atoms with Crippen molar-refractivity contribution >= 4 is 0 Å². The largest absolute Gasteiger partial charge is 0.390 e. The molecule has 1 aromatic rings. The Morgan fingerprint density at radius 1 is 1.40 bits per heavy atom. The highest BCUT2D eigenvalue weighted by Gasteiger charge is 2.24. The van der Waals surface area contributed by atoms with Gasteiger partial charge in [0.15, 0.2) is 0 Å². The van der Waals surface area contributed by atoms with Crippen molar-refractivity contribution in [3.8, 4) is 0 Å². The molecule has 0 spiro atoms. The molecule has 0 aliphatic carbocycles. The van der Waals surface area contributed by atoms with E-state index in [0.29, 0.717) is 19.1 Å². The standard InChI is InChI=1S/C14H26N4O2/c1-13-10-16(6-7-17(13)8-9-20-2)11-14(19)12-18-5-3-4-15-18/h3-5,13-14,19H,6-12H2,1-2H3/t13-,14-/m0/s1. The maximum Gasteiger partial charge on any atom is 0.0862 e. The summed E-state index contributed by atoms with van der Waals surface area (Å²) >= 11 is 0. The van der Waals surface area contributed by atoms with Crippen LogP contribution in [0.25, 0.3) is 0 Å². The molecule has 0 radical (unpaired) electrons. The molecule has 2 heterocycles. The van der Waals surface area contributed by atoms with Crippen molar-refractivity contribution in [3.05, 3.63) is 18.5 Å². The van der Waals surface area contributed by atoms with Crippen molar-refractivity contribution in [1.29, 1.82) is 0 Å². The summed E-state index contributed by atoms with van der Waals surface area (Å²) in [5.41, 5.74) is 0. The van der Waals surface area contributed by atoms with E-state index in [1.165, 1.54) is 0 Å². The summed E-state index contributed by atoms with van der Waals surface area (Å²) in [6.45, 7) is 8.33. The molecule has 1 aliphatic rings. The Bertz CT molecular complexity index is 371. The number of methoxy groups -OCH3 is 1. The minimum absolute atomic E-state index is 0.368. The Morgan fingerprint density at radius 2 is 2.25 bits per heavy atom. The molecular weight excluding hydrogens is 256 g/mol. The second-order valence-electron chi connectivity index (χ2n) is 5.52. The highest BCUT2D eigenvalue weighted by molar-refractivity contribution is 4.82. The van der Waals surface area contributed by atoms with E-state index in [4.69, 9.17) is 4.74 Å². The van der Waals surface area contributed by atoms with E-state index in [0.717, 1.165) is 32.8 Å². The van der Waals surface area contributed by atoms with Gasteiger partial charge in [0.2, 0.25) is 0 Å². The van der Waals surface area contributed by atoms with Crippen LogP contribution in [-0.2, 0) is 11.3 Å². The van der Waals surface area contributed by atoms with E-state index in [1.807, 2.05) is 12.3 Å². The Balaban J connectivity index is 1.72. The van der Waals surface area contributed by atoms with E-state index in [2.05, 4.69) is 21.8 Å². The molecule has 1 aliphatic heterocycles. The molecule has 6 nitrogen and oxygen atoms in total. The zero-order valence-electron chi connectivity index (χ0n) is 12.5. The van der Waals surface area contributed by atoms with Crippen molar-refractivity contribution in [2.24, 2.45) is 0 Å². The number of aromatic nitrogens is 2. The number of rotatable bonds is 7. The van der Waals surface area contributed by atoms with Gasteiger partial charge in [-0.1, -0.05) is 0 Å². The van der Waals surface area contributed by atoms with Crippen molar-refractivity contribution in [2.45, 2.75) is 25.6 Å². The minimum atomic E-state index is -0.368. The Morgan fingerprint density at radius 3 is 2.90 bits per heavy atom. The number of ether oxygens (including phenoxy) is 1. The maximum atomic E-state index is 10.1. The van der Waals surface area contributed by atoms with E-state index in [-0.39, 0.29) is 6.10 Å². The Labute approximate surface area is 120 Å². The lowest BCUT2D eigenvalue weighted by molar-refractivity contribution is 0.0285. The first-order valence-electron chi connectivity index (χ1n) is 7.30. The van der Waals surface area contributed by atoms with Crippen LogP contribution in [0.5, 0.6) is 0 Å². The summed E-state index contributed by atoms with van der Waals surface area (Å²) in [7, 11) is 1.74. The summed E-state index contributed by atoms with van der Waals surface area (Å²) in [6.07, 6.45) is 3.25. The van der Waals surface area contributed by atoms with E-state index < -0.39 is 0 Å². The molecule has 114 valence electrons. The van der Waals surface area contributed by atoms with Gasteiger partial charge in [-0.25, -0.2) is 0 Å². The number of β-amino-alcohol motifs (C(OH)–C–C–N with tert-alkyl or cyclic N) is 1. The van der Waals surface area contributed by atoms with Crippen molar-refractivity contribution in [3.63, 3.8) is 0 Å². The van der Waals surface area contributed by atoms with Crippen molar-refractivity contribution in [2.75, 3.05) is 46.4 Å². The van der Waals surface area contributed by atoms with Gasteiger partial charge in [-0.2, -0.15) is 5.10 Å². The van der Waals surface area contributed by atoms with Gasteiger partial charge >= 0.3 is 0 Å². The average Bonchev–Trinajstić information content (AvgIpc) is 2.90. The van der Waals surface area contributed by atoms with Gasteiger partial charge in [-0.3, -0.25) is 14.5 Å². The SMILES string of the molecule is COCCN1CCN(C[C@H](O)Cn2cccn2)C[C@@H]1C. The molecular formula is C14H26N4O2. The van der Waals surface area contributed by atoms with E-state index >= 15 is 0 Å². The predicted molar refractivity (Wildman–Crippen MR) is 77.6 cm³/mol. The molecule has 6 heteroatoms. The third-order valence-electron chi connectivity index (χ3n) is 3.86. The van der Waals surface area contributed by atoms with Crippen LogP contribution in [0.2, 0.25) is 0 Å². The predicted octanol–water partition coefficient (Wildman–Crippen LogP) is -0.103. The van der Waals surface area contributed by atoms with Gasteiger partial charge in [-0.15, -0.1) is 0 Å². The maximum absolute atomic E-state index is 10.1. The monoisotopic (exact) mass is 282 g/mol. The highest BCUT2D eigenvalue weighted by atomic mass is 16.5. The van der Waals surface area contributed by atoms with Crippen LogP contribution in [0.15, 0.2) is 18.5 Å². The zero-order valence-corrected chi connectivity index (χ0v) is 12.5. The zero-order chi connectivity index (χ0) is 14.4. The lowest BCUT2D eigenvalue weighted by atomic mass is 10.1. The van der Waals surface area contributed by atoms with Crippen molar-refractivity contribution < 1.29 is 9.84 Å². The quantitative estimate of drug-likeness (QED) is 0.757. The summed E-state index contributed by atoms with van der Waals surface area (Å²) in [5.74, 6) is 0. The normalized spacial score (nSPS) is 23.1. The van der Waals surface area contributed by atoms with Crippen LogP contribution >= 0.6 is 0 Å². The molecule has 2 rings (SSSR count). The van der Waals surface area contributed by atoms with Crippen LogP contribution < -0.4 is 0 Å². The van der Waals surface area contributed by atoms with Crippen LogP contribution in [-0.4, -0.2) is 83.3 Å². The van der Waals surface area contributed by atoms with Gasteiger partial charge in [0.25, 0.3) is 0 Å². The van der Waals surface area contributed by atoms with Gasteiger partial charge in [0.05, 0.1) is 19.3 Å². The minimum Gasteiger partial charge on any atom is -0.390 e. The highest BCUT2D eigenvalue weighted by Crippen LogP contribution is 2.10. The molecule has 1 saturated heterocycles. The molecule has 0 aromatic carbocycles. The molecule has 1 fully saturated rings. The fourth-order valence-corrected chi connectivity index (χ4v) is 2.76. The summed E-state index contributed by atoms with van der Waals surface area (Å²) in [4.78, 5) is 4.78. The number of nitrogens with zero attached hydrogens (tertiary/aromatic N) is 4. The molecule has 0 bridgehead atoms. The number of hydrogen-bond acceptors (Lipinski definition) is 5. The first kappa shape index (κ1) is 15.4. The number of aliphatic hydroxyl groups excluding tert-OH is 1. The van der Waals surface area contributed by atoms with Gasteiger partial charge < -0.3 is 9.84 Å². The van der Waals surface area contributed by atoms with Gasteiger partial charge in [0.1, 0.15) is 0 Å². The first-order valence-corrected chi connectivity index (χ1v) is 7.30. The van der Waals surface area contributed by atoms with Crippen LogP contribution in [0.4, 0.5) is 0 Å². The third-order valence-corrected chi connectivity index (χ3v) is 3.86. The van der Waals surface area contributed by atoms with Crippen LogP contribution in [0, 0.1) is 0 Å². The second kappa shape index (κ2) is 7.73. The molecule has 0 saturated carbocycles. The molecule has 20 heavy (non-hydrogen) atoms. The lowest BCUT2D eigenvalue weighted by Crippen LogP contribution is -2.54. The van der Waals surface area contributed by atoms with Crippen LogP contribution in [0.1, 0.15) is 6.92 Å². The van der Waals surface area contributed by atoms with Crippen LogP contribution in [0.3, 0.4) is 0 Å². The van der Waals surface area contributed by atoms with E-state index in [1.54, 1.807) is 18.0 Å². The van der Waals surface area contributed by atoms with Crippen molar-refractivity contribution in [1.82, 2.24) is 19.6 Å². The molecule has 1 N–H and O–H groups in total. The molecule has 0 amide bonds. The Kier molecular flexibility index (Phi) is 5.97. The first-order chi connectivity index (χ1) is 9.69. The van der Waals surface area contributed by atoms with Gasteiger partial charge in [-0.05, 0) is 13.0 Å². The third kappa shape index (κ3) is 4.56. The summed E-state index contributed by atoms with van der Waals surface area (Å²) < 4.78 is 6.92. The second-order valence-corrected chi connectivity index (χ2v) is 5.52. The van der Waals surface area contributed by atoms with Gasteiger partial charge in [0, 0.05) is 58.3 Å².